The molecule has 10 nitrogen and oxygen atoms in total. The van der Waals surface area contributed by atoms with Crippen molar-refractivity contribution >= 4 is 23.0 Å². The minimum atomic E-state index is -0.466. The average molecular weight is 415 g/mol. The molecule has 30 heavy (non-hydrogen) atoms. The van der Waals surface area contributed by atoms with E-state index in [2.05, 4.69) is 15.0 Å². The van der Waals surface area contributed by atoms with Crippen LogP contribution in [0.5, 0.6) is 11.8 Å². The second-order valence-electron chi connectivity index (χ2n) is 6.44. The Morgan fingerprint density at radius 2 is 1.97 bits per heavy atom. The summed E-state index contributed by atoms with van der Waals surface area (Å²) in [6, 6.07) is 6.89. The van der Waals surface area contributed by atoms with Gasteiger partial charge in [-0.1, -0.05) is 25.5 Å². The highest BCUT2D eigenvalue weighted by Gasteiger charge is 2.16. The number of H-pyrrole nitrogens is 1. The van der Waals surface area contributed by atoms with Gasteiger partial charge in [0.25, 0.3) is 0 Å². The number of imidazole rings is 1. The van der Waals surface area contributed by atoms with Crippen molar-refractivity contribution in [3.8, 4) is 11.8 Å². The van der Waals surface area contributed by atoms with Crippen LogP contribution in [0.15, 0.2) is 29.1 Å². The first-order valence-corrected chi connectivity index (χ1v) is 9.82. The van der Waals surface area contributed by atoms with Gasteiger partial charge in [0.1, 0.15) is 23.4 Å². The van der Waals surface area contributed by atoms with Gasteiger partial charge in [-0.05, 0) is 25.5 Å². The summed E-state index contributed by atoms with van der Waals surface area (Å²) in [6.45, 7) is 4.82. The molecule has 0 aliphatic rings. The summed E-state index contributed by atoms with van der Waals surface area (Å²) in [5.74, 6) is 0.0456. The van der Waals surface area contributed by atoms with Crippen LogP contribution in [0, 0.1) is 0 Å². The van der Waals surface area contributed by atoms with E-state index in [1.807, 2.05) is 6.92 Å². The number of ether oxygens (including phenoxy) is 3. The van der Waals surface area contributed by atoms with Crippen LogP contribution in [0.1, 0.15) is 37.0 Å². The fourth-order valence-electron chi connectivity index (χ4n) is 2.83. The summed E-state index contributed by atoms with van der Waals surface area (Å²) in [4.78, 5) is 35.5. The van der Waals surface area contributed by atoms with E-state index in [-0.39, 0.29) is 37.3 Å². The maximum Gasteiger partial charge on any atom is 0.341 e. The second-order valence-corrected chi connectivity index (χ2v) is 6.44. The molecule has 0 spiro atoms. The van der Waals surface area contributed by atoms with Crippen LogP contribution in [0.25, 0.3) is 11.2 Å². The van der Waals surface area contributed by atoms with E-state index in [1.165, 1.54) is 4.57 Å². The first-order chi connectivity index (χ1) is 14.5. The smallest absolute Gasteiger partial charge is 0.341 e. The van der Waals surface area contributed by atoms with E-state index in [4.69, 9.17) is 19.9 Å². The van der Waals surface area contributed by atoms with Crippen LogP contribution in [-0.2, 0) is 11.3 Å². The van der Waals surface area contributed by atoms with E-state index >= 15 is 0 Å². The van der Waals surface area contributed by atoms with Crippen molar-refractivity contribution < 1.29 is 19.0 Å². The highest BCUT2D eigenvalue weighted by molar-refractivity contribution is 5.92. The number of unbranched alkanes of at least 4 members (excludes halogenated alkanes) is 1. The minimum absolute atomic E-state index is 0.120. The Kier molecular flexibility index (Phi) is 6.89. The highest BCUT2D eigenvalue weighted by Crippen LogP contribution is 2.20. The molecular formula is C20H25N5O5. The molecule has 0 saturated heterocycles. The Bertz CT molecular complexity index is 1080. The van der Waals surface area contributed by atoms with Gasteiger partial charge in [0, 0.05) is 0 Å². The van der Waals surface area contributed by atoms with E-state index in [0.29, 0.717) is 29.1 Å². The van der Waals surface area contributed by atoms with Crippen LogP contribution >= 0.6 is 0 Å². The standard InChI is InChI=1S/C20H25N5O5/c1-3-5-11-30-19-23-16(21)15-17(24-19)25(20(27)22-15)10-12-29-14-9-7-6-8-13(14)18(26)28-4-2/h6-9H,3-5,10-12H2,1-2H3,(H,22,27)(H2,21,23,24). The summed E-state index contributed by atoms with van der Waals surface area (Å²) in [6.07, 6.45) is 1.83. The number of rotatable bonds is 10. The lowest BCUT2D eigenvalue weighted by molar-refractivity contribution is 0.0521. The van der Waals surface area contributed by atoms with Crippen molar-refractivity contribution in [2.45, 2.75) is 33.2 Å². The number of nitrogen functional groups attached to an aromatic ring is 1. The summed E-state index contributed by atoms with van der Waals surface area (Å²) < 4.78 is 17.7. The SMILES string of the molecule is CCCCOc1nc(N)c2[nH]c(=O)n(CCOc3ccccc3C(=O)OCC)c2n1. The molecule has 0 radical (unpaired) electrons. The van der Waals surface area contributed by atoms with E-state index < -0.39 is 5.97 Å². The average Bonchev–Trinajstić information content (AvgIpc) is 3.05. The molecule has 0 fully saturated rings. The van der Waals surface area contributed by atoms with Gasteiger partial charge in [0.05, 0.1) is 19.8 Å². The fourth-order valence-corrected chi connectivity index (χ4v) is 2.83. The van der Waals surface area contributed by atoms with Crippen molar-refractivity contribution in [3.63, 3.8) is 0 Å². The van der Waals surface area contributed by atoms with Crippen LogP contribution in [-0.4, -0.2) is 45.3 Å². The molecule has 3 aromatic rings. The van der Waals surface area contributed by atoms with Crippen LogP contribution in [0.4, 0.5) is 5.82 Å². The number of fused-ring (bicyclic) bond motifs is 1. The molecule has 160 valence electrons. The van der Waals surface area contributed by atoms with Gasteiger partial charge in [0.2, 0.25) is 0 Å². The molecule has 3 rings (SSSR count). The maximum atomic E-state index is 12.4. The third kappa shape index (κ3) is 4.70. The summed E-state index contributed by atoms with van der Waals surface area (Å²) in [5, 5.41) is 0. The third-order valence-corrected chi connectivity index (χ3v) is 4.31. The zero-order valence-electron chi connectivity index (χ0n) is 17.0. The lowest BCUT2D eigenvalue weighted by Crippen LogP contribution is -2.21. The normalized spacial score (nSPS) is 10.9. The third-order valence-electron chi connectivity index (χ3n) is 4.31. The Morgan fingerprint density at radius 3 is 2.73 bits per heavy atom. The van der Waals surface area contributed by atoms with Crippen molar-refractivity contribution in [3.05, 3.63) is 40.3 Å². The molecule has 1 aromatic carbocycles. The minimum Gasteiger partial charge on any atom is -0.491 e. The summed E-state index contributed by atoms with van der Waals surface area (Å²) >= 11 is 0. The molecule has 10 heteroatoms. The van der Waals surface area contributed by atoms with Crippen molar-refractivity contribution in [2.75, 3.05) is 25.6 Å². The zero-order chi connectivity index (χ0) is 21.5. The number of esters is 1. The number of carbonyl (C=O) groups is 1. The molecule has 2 aromatic heterocycles. The molecule has 0 unspecified atom stereocenters. The maximum absolute atomic E-state index is 12.4. The van der Waals surface area contributed by atoms with Crippen LogP contribution in [0.2, 0.25) is 0 Å². The predicted molar refractivity (Wildman–Crippen MR) is 111 cm³/mol. The van der Waals surface area contributed by atoms with E-state index in [9.17, 15) is 9.59 Å². The Hall–Kier alpha value is -3.56. The first kappa shape index (κ1) is 21.2. The van der Waals surface area contributed by atoms with Gasteiger partial charge < -0.3 is 24.9 Å². The lowest BCUT2D eigenvalue weighted by Gasteiger charge is -2.11. The fraction of sp³-hybridized carbons (Fsp3) is 0.400. The van der Waals surface area contributed by atoms with Crippen molar-refractivity contribution in [2.24, 2.45) is 0 Å². The van der Waals surface area contributed by atoms with Crippen molar-refractivity contribution in [1.82, 2.24) is 19.5 Å². The number of benzene rings is 1. The van der Waals surface area contributed by atoms with Gasteiger partial charge in [-0.2, -0.15) is 9.97 Å². The zero-order valence-corrected chi connectivity index (χ0v) is 17.0. The number of carbonyl (C=O) groups excluding carboxylic acids is 1. The van der Waals surface area contributed by atoms with Gasteiger partial charge in [-0.3, -0.25) is 4.57 Å². The monoisotopic (exact) mass is 415 g/mol. The van der Waals surface area contributed by atoms with Gasteiger partial charge in [-0.25, -0.2) is 9.59 Å². The summed E-state index contributed by atoms with van der Waals surface area (Å²) in [7, 11) is 0. The number of hydrogen-bond acceptors (Lipinski definition) is 8. The van der Waals surface area contributed by atoms with Gasteiger partial charge in [0.15, 0.2) is 11.5 Å². The number of nitrogens with one attached hydrogen (secondary N) is 1. The molecular weight excluding hydrogens is 390 g/mol. The molecule has 0 saturated carbocycles. The Balaban J connectivity index is 1.77. The molecule has 2 heterocycles. The topological polar surface area (TPSA) is 134 Å². The number of aromatic amines is 1. The number of anilines is 1. The molecule has 0 atom stereocenters. The van der Waals surface area contributed by atoms with E-state index in [0.717, 1.165) is 12.8 Å². The number of nitrogens with zero attached hydrogens (tertiary/aromatic N) is 3. The number of aromatic nitrogens is 4. The van der Waals surface area contributed by atoms with Gasteiger partial charge in [-0.15, -0.1) is 0 Å². The number of nitrogens with two attached hydrogens (primary N) is 1. The Morgan fingerprint density at radius 1 is 1.17 bits per heavy atom. The number of hydrogen-bond donors (Lipinski definition) is 2. The Labute approximate surface area is 173 Å². The van der Waals surface area contributed by atoms with E-state index in [1.54, 1.807) is 31.2 Å². The molecule has 0 amide bonds. The molecule has 3 N–H and O–H groups in total. The second kappa shape index (κ2) is 9.77. The first-order valence-electron chi connectivity index (χ1n) is 9.82. The van der Waals surface area contributed by atoms with Crippen molar-refractivity contribution in [1.29, 1.82) is 0 Å². The summed E-state index contributed by atoms with van der Waals surface area (Å²) in [5.41, 5.74) is 6.56. The number of para-hydroxylation sites is 1. The van der Waals surface area contributed by atoms with Crippen LogP contribution in [0.3, 0.4) is 0 Å². The highest BCUT2D eigenvalue weighted by atomic mass is 16.5. The lowest BCUT2D eigenvalue weighted by atomic mass is 10.2. The largest absolute Gasteiger partial charge is 0.491 e. The quantitative estimate of drug-likeness (QED) is 0.380. The van der Waals surface area contributed by atoms with Gasteiger partial charge >= 0.3 is 17.7 Å². The van der Waals surface area contributed by atoms with Crippen LogP contribution < -0.4 is 20.9 Å². The molecule has 0 aliphatic heterocycles. The molecule has 0 aliphatic carbocycles. The predicted octanol–water partition coefficient (Wildman–Crippen LogP) is 2.14. The molecule has 0 bridgehead atoms.